The quantitative estimate of drug-likeness (QED) is 0.602. The molecule has 0 bridgehead atoms. The van der Waals surface area contributed by atoms with Gasteiger partial charge in [0.15, 0.2) is 0 Å². The summed E-state index contributed by atoms with van der Waals surface area (Å²) in [4.78, 5) is 22.6. The first-order valence-electron chi connectivity index (χ1n) is 7.42. The lowest BCUT2D eigenvalue weighted by Crippen LogP contribution is -2.30. The molecule has 2 rings (SSSR count). The van der Waals surface area contributed by atoms with Gasteiger partial charge in [-0.2, -0.15) is 0 Å². The first kappa shape index (κ1) is 17.4. The second-order valence-electron chi connectivity index (χ2n) is 5.20. The van der Waals surface area contributed by atoms with Crippen LogP contribution in [0.5, 0.6) is 5.75 Å². The second kappa shape index (κ2) is 8.07. The fourth-order valence-corrected chi connectivity index (χ4v) is 2.19. The fourth-order valence-electron chi connectivity index (χ4n) is 2.19. The molecule has 1 amide bonds. The first-order valence-corrected chi connectivity index (χ1v) is 7.42. The third-order valence-corrected chi connectivity index (χ3v) is 3.54. The minimum absolute atomic E-state index is 0.0113. The highest BCUT2D eigenvalue weighted by atomic mass is 16.6. The van der Waals surface area contributed by atoms with E-state index in [2.05, 4.69) is 10.6 Å². The minimum Gasteiger partial charge on any atom is -0.496 e. The molecule has 1 atom stereocenters. The number of amides is 1. The molecule has 0 radical (unpaired) electrons. The molecule has 0 aliphatic carbocycles. The van der Waals surface area contributed by atoms with Crippen molar-refractivity contribution in [2.45, 2.75) is 13.0 Å². The van der Waals surface area contributed by atoms with Gasteiger partial charge in [0.25, 0.3) is 5.69 Å². The molecule has 7 heteroatoms. The van der Waals surface area contributed by atoms with E-state index in [4.69, 9.17) is 4.74 Å². The Kier molecular flexibility index (Phi) is 5.86. The number of nitrogens with one attached hydrogen (secondary N) is 2. The van der Waals surface area contributed by atoms with Crippen LogP contribution in [0.3, 0.4) is 0 Å². The van der Waals surface area contributed by atoms with Gasteiger partial charge in [-0.25, -0.2) is 0 Å². The zero-order valence-electron chi connectivity index (χ0n) is 13.5. The summed E-state index contributed by atoms with van der Waals surface area (Å²) in [6.45, 7) is 1.98. The molecule has 0 fully saturated rings. The van der Waals surface area contributed by atoms with Crippen molar-refractivity contribution in [1.29, 1.82) is 0 Å². The number of nitro benzene ring substituents is 1. The van der Waals surface area contributed by atoms with E-state index in [9.17, 15) is 14.9 Å². The van der Waals surface area contributed by atoms with Gasteiger partial charge in [-0.05, 0) is 24.6 Å². The summed E-state index contributed by atoms with van der Waals surface area (Å²) in [6, 6.07) is 14.0. The van der Waals surface area contributed by atoms with Crippen LogP contribution in [-0.4, -0.2) is 24.5 Å². The molecule has 0 unspecified atom stereocenters. The van der Waals surface area contributed by atoms with Gasteiger partial charge in [0.1, 0.15) is 11.4 Å². The van der Waals surface area contributed by atoms with E-state index in [0.29, 0.717) is 5.75 Å². The molecule has 0 spiro atoms. The number of hydrogen-bond donors (Lipinski definition) is 2. The predicted octanol–water partition coefficient (Wildman–Crippen LogP) is 2.89. The van der Waals surface area contributed by atoms with Crippen LogP contribution in [0.25, 0.3) is 0 Å². The summed E-state index contributed by atoms with van der Waals surface area (Å²) < 4.78 is 4.96. The maximum absolute atomic E-state index is 12.1. The molecule has 0 saturated heterocycles. The van der Waals surface area contributed by atoms with Crippen LogP contribution >= 0.6 is 0 Å². The van der Waals surface area contributed by atoms with Gasteiger partial charge in [0.2, 0.25) is 5.91 Å². The van der Waals surface area contributed by atoms with Crippen LogP contribution in [0.4, 0.5) is 11.4 Å². The van der Waals surface area contributed by atoms with Crippen LogP contribution < -0.4 is 15.4 Å². The fraction of sp³-hybridized carbons (Fsp3) is 0.235. The molecular formula is C17H19N3O4. The molecule has 0 saturated carbocycles. The molecule has 0 aliphatic rings. The van der Waals surface area contributed by atoms with Crippen LogP contribution in [-0.2, 0) is 4.79 Å². The van der Waals surface area contributed by atoms with Gasteiger partial charge in [-0.15, -0.1) is 0 Å². The highest BCUT2D eigenvalue weighted by molar-refractivity contribution is 5.94. The maximum Gasteiger partial charge on any atom is 0.296 e. The van der Waals surface area contributed by atoms with E-state index < -0.39 is 4.92 Å². The van der Waals surface area contributed by atoms with E-state index in [1.165, 1.54) is 19.2 Å². The van der Waals surface area contributed by atoms with E-state index in [0.717, 1.165) is 5.56 Å². The smallest absolute Gasteiger partial charge is 0.296 e. The molecule has 126 valence electrons. The molecule has 24 heavy (non-hydrogen) atoms. The van der Waals surface area contributed by atoms with Crippen LogP contribution in [0.1, 0.15) is 18.5 Å². The molecule has 0 aliphatic heterocycles. The zero-order valence-corrected chi connectivity index (χ0v) is 13.5. The minimum atomic E-state index is -0.557. The van der Waals surface area contributed by atoms with Crippen LogP contribution in [0.2, 0.25) is 0 Å². The topological polar surface area (TPSA) is 93.5 Å². The summed E-state index contributed by atoms with van der Waals surface area (Å²) >= 11 is 0. The van der Waals surface area contributed by atoms with Crippen molar-refractivity contribution in [1.82, 2.24) is 5.32 Å². The number of benzene rings is 2. The van der Waals surface area contributed by atoms with Gasteiger partial charge in [0, 0.05) is 6.04 Å². The highest BCUT2D eigenvalue weighted by Crippen LogP contribution is 2.28. The van der Waals surface area contributed by atoms with E-state index in [1.54, 1.807) is 6.07 Å². The Balaban J connectivity index is 1.98. The van der Waals surface area contributed by atoms with E-state index in [1.807, 2.05) is 37.3 Å². The lowest BCUT2D eigenvalue weighted by Gasteiger charge is -2.14. The Morgan fingerprint density at radius 1 is 1.25 bits per heavy atom. The first-order chi connectivity index (χ1) is 11.5. The third-order valence-electron chi connectivity index (χ3n) is 3.54. The van der Waals surface area contributed by atoms with Gasteiger partial charge >= 0.3 is 0 Å². The van der Waals surface area contributed by atoms with Gasteiger partial charge < -0.3 is 15.4 Å². The lowest BCUT2D eigenvalue weighted by atomic mass is 10.1. The largest absolute Gasteiger partial charge is 0.496 e. The molecule has 2 aromatic carbocycles. The third kappa shape index (κ3) is 4.53. The standard InChI is InChI=1S/C17H19N3O4/c1-12(13-6-4-3-5-7-13)18-11-17(21)19-15-9-8-14(24-2)10-16(15)20(22)23/h3-10,12,18H,11H2,1-2H3,(H,19,21)/t12-/m1/s1. The van der Waals surface area contributed by atoms with E-state index >= 15 is 0 Å². The van der Waals surface area contributed by atoms with E-state index in [-0.39, 0.29) is 29.9 Å². The maximum atomic E-state index is 12.1. The van der Waals surface area contributed by atoms with Crippen molar-refractivity contribution in [3.05, 3.63) is 64.2 Å². The Morgan fingerprint density at radius 3 is 2.58 bits per heavy atom. The van der Waals surface area contributed by atoms with Crippen LogP contribution in [0, 0.1) is 10.1 Å². The Hall–Kier alpha value is -2.93. The van der Waals surface area contributed by atoms with Gasteiger partial charge in [0.05, 0.1) is 24.6 Å². The number of hydrogen-bond acceptors (Lipinski definition) is 5. The number of carbonyl (C=O) groups is 1. The molecule has 2 N–H and O–H groups in total. The number of methoxy groups -OCH3 is 1. The highest BCUT2D eigenvalue weighted by Gasteiger charge is 2.17. The molecule has 0 heterocycles. The molecule has 2 aromatic rings. The summed E-state index contributed by atoms with van der Waals surface area (Å²) in [7, 11) is 1.42. The number of nitro groups is 1. The number of nitrogens with zero attached hydrogens (tertiary/aromatic N) is 1. The van der Waals surface area contributed by atoms with Crippen molar-refractivity contribution >= 4 is 17.3 Å². The number of rotatable bonds is 7. The Labute approximate surface area is 139 Å². The zero-order chi connectivity index (χ0) is 17.5. The SMILES string of the molecule is COc1ccc(NC(=O)CN[C@H](C)c2ccccc2)c([N+](=O)[O-])c1. The molecule has 0 aromatic heterocycles. The second-order valence-corrected chi connectivity index (χ2v) is 5.20. The van der Waals surface area contributed by atoms with Crippen molar-refractivity contribution in [2.75, 3.05) is 19.0 Å². The predicted molar refractivity (Wildman–Crippen MR) is 91.1 cm³/mol. The van der Waals surface area contributed by atoms with Crippen molar-refractivity contribution in [3.63, 3.8) is 0 Å². The molecule has 7 nitrogen and oxygen atoms in total. The summed E-state index contributed by atoms with van der Waals surface area (Å²) in [5, 5.41) is 16.7. The normalized spacial score (nSPS) is 11.6. The van der Waals surface area contributed by atoms with Crippen molar-refractivity contribution in [3.8, 4) is 5.75 Å². The summed E-state index contributed by atoms with van der Waals surface area (Å²) in [5.74, 6) is 0.00146. The van der Waals surface area contributed by atoms with Crippen molar-refractivity contribution in [2.24, 2.45) is 0 Å². The number of anilines is 1. The van der Waals surface area contributed by atoms with Crippen LogP contribution in [0.15, 0.2) is 48.5 Å². The molecular weight excluding hydrogens is 310 g/mol. The average molecular weight is 329 g/mol. The number of carbonyl (C=O) groups excluding carboxylic acids is 1. The van der Waals surface area contributed by atoms with Gasteiger partial charge in [-0.1, -0.05) is 30.3 Å². The summed E-state index contributed by atoms with van der Waals surface area (Å²) in [6.07, 6.45) is 0. The monoisotopic (exact) mass is 329 g/mol. The lowest BCUT2D eigenvalue weighted by molar-refractivity contribution is -0.384. The Morgan fingerprint density at radius 2 is 1.96 bits per heavy atom. The summed E-state index contributed by atoms with van der Waals surface area (Å²) in [5.41, 5.74) is 0.986. The Bertz CT molecular complexity index is 719. The average Bonchev–Trinajstić information content (AvgIpc) is 2.60. The van der Waals surface area contributed by atoms with Crippen molar-refractivity contribution < 1.29 is 14.5 Å². The van der Waals surface area contributed by atoms with Gasteiger partial charge in [-0.3, -0.25) is 14.9 Å². The number of ether oxygens (including phenoxy) is 1.